The van der Waals surface area contributed by atoms with E-state index in [1.807, 2.05) is 30.5 Å². The summed E-state index contributed by atoms with van der Waals surface area (Å²) in [5, 5.41) is 12.6. The summed E-state index contributed by atoms with van der Waals surface area (Å²) in [5.41, 5.74) is 2.65. The largest absolute Gasteiger partial charge is 0.339 e. The highest BCUT2D eigenvalue weighted by Gasteiger charge is 2.29. The van der Waals surface area contributed by atoms with Gasteiger partial charge in [-0.15, -0.1) is 9.49 Å². The molecule has 2 saturated carbocycles. The number of hydrogen-bond donors (Lipinski definition) is 0. The minimum atomic E-state index is -0.0758. The monoisotopic (exact) mass is 476 g/mol. The summed E-state index contributed by atoms with van der Waals surface area (Å²) in [6.07, 6.45) is 11.7. The lowest BCUT2D eigenvalue weighted by atomic mass is 10.1. The zero-order chi connectivity index (χ0) is 24.0. The number of nitrogens with zero attached hydrogens (tertiary/aromatic N) is 6. The van der Waals surface area contributed by atoms with Gasteiger partial charge in [0.2, 0.25) is 11.8 Å². The number of halogens is 1. The minimum Gasteiger partial charge on any atom is -0.339 e. The number of aryl methyl sites for hydroxylation is 1. The number of aromatic nitrogens is 5. The van der Waals surface area contributed by atoms with E-state index in [4.69, 9.17) is 4.52 Å². The zero-order valence-corrected chi connectivity index (χ0v) is 19.7. The summed E-state index contributed by atoms with van der Waals surface area (Å²) in [6, 6.07) is 7.73. The standard InChI is InChI=1S/C26H29FN6O2/c27-15-4-3-10-25(34)32(16-5-1-2-9-24-28-26(30-35-24)20-13-14-20)21-7-6-8-22(17-21)33-18-23(29-31-33)19-11-12-19/h6-8,17-20H,1-3,5,9-14,16H2. The number of amides is 1. The average Bonchev–Trinajstić information content (AvgIpc) is 3.81. The van der Waals surface area contributed by atoms with Gasteiger partial charge in [-0.2, -0.15) is 4.98 Å². The fourth-order valence-corrected chi connectivity index (χ4v) is 4.12. The second-order valence-electron chi connectivity index (χ2n) is 9.33. The van der Waals surface area contributed by atoms with Gasteiger partial charge in [-0.3, -0.25) is 4.79 Å². The van der Waals surface area contributed by atoms with Crippen LogP contribution in [-0.4, -0.2) is 37.6 Å². The SMILES string of the molecule is O=C(CCC#CF)N(CCCCCc1nc(C2CC2)no1)c1cccc(-n2cc(C3CC3)nn2)c1. The first-order valence-electron chi connectivity index (χ1n) is 12.5. The molecule has 2 aliphatic rings. The van der Waals surface area contributed by atoms with Crippen LogP contribution in [0.15, 0.2) is 35.0 Å². The maximum absolute atomic E-state index is 13.0. The van der Waals surface area contributed by atoms with E-state index < -0.39 is 0 Å². The first-order chi connectivity index (χ1) is 17.2. The maximum Gasteiger partial charge on any atom is 0.227 e. The number of anilines is 1. The Morgan fingerprint density at radius 3 is 2.83 bits per heavy atom. The van der Waals surface area contributed by atoms with Crippen molar-refractivity contribution in [1.29, 1.82) is 0 Å². The molecule has 182 valence electrons. The van der Waals surface area contributed by atoms with E-state index in [9.17, 15) is 9.18 Å². The van der Waals surface area contributed by atoms with Gasteiger partial charge in [0.15, 0.2) is 5.82 Å². The number of carbonyl (C=O) groups excluding carboxylic acids is 1. The Labute approximate surface area is 203 Å². The van der Waals surface area contributed by atoms with Crippen LogP contribution in [-0.2, 0) is 11.2 Å². The predicted octanol–water partition coefficient (Wildman–Crippen LogP) is 4.86. The van der Waals surface area contributed by atoms with Crippen LogP contribution in [0.4, 0.5) is 10.1 Å². The molecule has 0 aliphatic heterocycles. The quantitative estimate of drug-likeness (QED) is 0.274. The minimum absolute atomic E-state index is 0.0758. The summed E-state index contributed by atoms with van der Waals surface area (Å²) in [7, 11) is 0. The van der Waals surface area contributed by atoms with Crippen LogP contribution in [0.2, 0.25) is 0 Å². The molecule has 0 N–H and O–H groups in total. The highest BCUT2D eigenvalue weighted by atomic mass is 19.1. The third-order valence-corrected chi connectivity index (χ3v) is 6.44. The Morgan fingerprint density at radius 1 is 1.17 bits per heavy atom. The lowest BCUT2D eigenvalue weighted by molar-refractivity contribution is -0.118. The Balaban J connectivity index is 1.20. The third kappa shape index (κ3) is 6.13. The number of rotatable bonds is 12. The van der Waals surface area contributed by atoms with Gasteiger partial charge < -0.3 is 9.42 Å². The van der Waals surface area contributed by atoms with E-state index in [0.717, 1.165) is 74.3 Å². The van der Waals surface area contributed by atoms with Gasteiger partial charge in [0.05, 0.1) is 17.6 Å². The molecular weight excluding hydrogens is 447 g/mol. The molecule has 0 saturated heterocycles. The molecule has 0 spiro atoms. The van der Waals surface area contributed by atoms with Crippen molar-refractivity contribution in [3.8, 4) is 17.8 Å². The molecule has 9 heteroatoms. The molecule has 0 radical (unpaired) electrons. The number of hydrogen-bond acceptors (Lipinski definition) is 6. The van der Waals surface area contributed by atoms with Crippen molar-refractivity contribution in [2.75, 3.05) is 11.4 Å². The Bertz CT molecular complexity index is 1220. The van der Waals surface area contributed by atoms with E-state index in [-0.39, 0.29) is 18.7 Å². The highest BCUT2D eigenvalue weighted by Crippen LogP contribution is 2.39. The zero-order valence-electron chi connectivity index (χ0n) is 19.7. The van der Waals surface area contributed by atoms with Crippen molar-refractivity contribution in [3.05, 3.63) is 47.9 Å². The van der Waals surface area contributed by atoms with Crippen molar-refractivity contribution in [2.24, 2.45) is 0 Å². The first kappa shape index (κ1) is 23.2. The van der Waals surface area contributed by atoms with Gasteiger partial charge in [-0.1, -0.05) is 28.8 Å². The summed E-state index contributed by atoms with van der Waals surface area (Å²) < 4.78 is 19.3. The molecule has 5 rings (SSSR count). The normalized spacial score (nSPS) is 15.0. The number of carbonyl (C=O) groups is 1. The van der Waals surface area contributed by atoms with Crippen molar-refractivity contribution < 1.29 is 13.7 Å². The van der Waals surface area contributed by atoms with Crippen LogP contribution in [0.5, 0.6) is 0 Å². The Kier molecular flexibility index (Phi) is 7.17. The van der Waals surface area contributed by atoms with Gasteiger partial charge in [0, 0.05) is 43.3 Å². The van der Waals surface area contributed by atoms with Gasteiger partial charge >= 0.3 is 0 Å². The average molecular weight is 477 g/mol. The second-order valence-corrected chi connectivity index (χ2v) is 9.33. The molecule has 2 fully saturated rings. The predicted molar refractivity (Wildman–Crippen MR) is 128 cm³/mol. The lowest BCUT2D eigenvalue weighted by Crippen LogP contribution is -2.31. The van der Waals surface area contributed by atoms with Crippen LogP contribution >= 0.6 is 0 Å². The molecule has 2 heterocycles. The lowest BCUT2D eigenvalue weighted by Gasteiger charge is -2.23. The van der Waals surface area contributed by atoms with Crippen molar-refractivity contribution >= 4 is 11.6 Å². The van der Waals surface area contributed by atoms with Crippen LogP contribution in [0.1, 0.15) is 87.0 Å². The Morgan fingerprint density at radius 2 is 2.03 bits per heavy atom. The molecule has 3 aromatic rings. The van der Waals surface area contributed by atoms with Gasteiger partial charge in [0.25, 0.3) is 0 Å². The number of unbranched alkanes of at least 4 members (excludes halogenated alkanes) is 2. The van der Waals surface area contributed by atoms with Crippen molar-refractivity contribution in [2.45, 2.75) is 76.0 Å². The summed E-state index contributed by atoms with van der Waals surface area (Å²) in [4.78, 5) is 19.2. The Hall–Kier alpha value is -3.54. The fourth-order valence-electron chi connectivity index (χ4n) is 4.12. The molecule has 0 atom stereocenters. The highest BCUT2D eigenvalue weighted by molar-refractivity contribution is 5.93. The summed E-state index contributed by atoms with van der Waals surface area (Å²) in [6.45, 7) is 0.563. The molecular formula is C26H29FN6O2. The molecule has 2 aromatic heterocycles. The van der Waals surface area contributed by atoms with Crippen LogP contribution in [0.25, 0.3) is 5.69 Å². The van der Waals surface area contributed by atoms with Gasteiger partial charge in [-0.05, 0) is 56.7 Å². The third-order valence-electron chi connectivity index (χ3n) is 6.44. The molecule has 2 aliphatic carbocycles. The van der Waals surface area contributed by atoms with Gasteiger partial charge in [0.1, 0.15) is 6.17 Å². The maximum atomic E-state index is 13.0. The number of benzene rings is 1. The van der Waals surface area contributed by atoms with E-state index in [1.54, 1.807) is 9.58 Å². The topological polar surface area (TPSA) is 89.9 Å². The van der Waals surface area contributed by atoms with Crippen molar-refractivity contribution in [3.63, 3.8) is 0 Å². The molecule has 1 amide bonds. The van der Waals surface area contributed by atoms with Crippen molar-refractivity contribution in [1.82, 2.24) is 25.1 Å². The molecule has 35 heavy (non-hydrogen) atoms. The van der Waals surface area contributed by atoms with Gasteiger partial charge in [-0.25, -0.2) is 4.68 Å². The van der Waals surface area contributed by atoms with E-state index in [1.165, 1.54) is 6.17 Å². The summed E-state index contributed by atoms with van der Waals surface area (Å²) in [5.74, 6) is 4.80. The van der Waals surface area contributed by atoms with Crippen LogP contribution in [0, 0.1) is 12.1 Å². The van der Waals surface area contributed by atoms with E-state index in [2.05, 4.69) is 26.4 Å². The second kappa shape index (κ2) is 10.8. The van der Waals surface area contributed by atoms with Crippen LogP contribution in [0.3, 0.4) is 0 Å². The van der Waals surface area contributed by atoms with E-state index in [0.29, 0.717) is 24.3 Å². The molecule has 8 nitrogen and oxygen atoms in total. The molecule has 1 aromatic carbocycles. The first-order valence-corrected chi connectivity index (χ1v) is 12.5. The fraction of sp³-hybridized carbons (Fsp3) is 0.500. The molecule has 0 unspecified atom stereocenters. The summed E-state index contributed by atoms with van der Waals surface area (Å²) >= 11 is 0. The van der Waals surface area contributed by atoms with E-state index >= 15 is 0 Å². The van der Waals surface area contributed by atoms with Crippen LogP contribution < -0.4 is 4.90 Å². The molecule has 0 bridgehead atoms. The smallest absolute Gasteiger partial charge is 0.227 e.